The number of nitrogens with zero attached hydrogens (tertiary/aromatic N) is 1. The summed E-state index contributed by atoms with van der Waals surface area (Å²) < 4.78 is 5.41. The summed E-state index contributed by atoms with van der Waals surface area (Å²) in [5.41, 5.74) is -0.336. The second-order valence-electron chi connectivity index (χ2n) is 5.53. The third-order valence-corrected chi connectivity index (χ3v) is 4.24. The third kappa shape index (κ3) is 3.19. The summed E-state index contributed by atoms with van der Waals surface area (Å²) in [7, 11) is 0. The molecule has 1 atom stereocenters. The average Bonchev–Trinajstić information content (AvgIpc) is 2.91. The molecular formula is C14H20N2O3S. The minimum Gasteiger partial charge on any atom is -0.377 e. The number of hydrogen-bond acceptors (Lipinski definition) is 4. The number of morpholine rings is 1. The smallest absolute Gasteiger partial charge is 0.261 e. The monoisotopic (exact) mass is 296 g/mol. The van der Waals surface area contributed by atoms with E-state index in [1.807, 2.05) is 25.3 Å². The molecule has 0 radical (unpaired) electrons. The second-order valence-corrected chi connectivity index (χ2v) is 6.48. The number of nitrogens with one attached hydrogen (secondary N) is 1. The van der Waals surface area contributed by atoms with Gasteiger partial charge in [-0.05, 0) is 32.2 Å². The van der Waals surface area contributed by atoms with E-state index in [2.05, 4.69) is 5.32 Å². The predicted molar refractivity (Wildman–Crippen MR) is 77.9 cm³/mol. The van der Waals surface area contributed by atoms with Crippen LogP contribution in [-0.2, 0) is 9.53 Å². The van der Waals surface area contributed by atoms with E-state index < -0.39 is 6.04 Å². The van der Waals surface area contributed by atoms with Crippen LogP contribution < -0.4 is 5.32 Å². The summed E-state index contributed by atoms with van der Waals surface area (Å²) >= 11 is 1.36. The van der Waals surface area contributed by atoms with Crippen molar-refractivity contribution >= 4 is 23.2 Å². The molecule has 2 heterocycles. The SMILES string of the molecule is C[C@@H](NC(=O)c1cccs1)C(=O)N1CCOCC1(C)C. The highest BCUT2D eigenvalue weighted by molar-refractivity contribution is 7.12. The summed E-state index contributed by atoms with van der Waals surface area (Å²) in [6.07, 6.45) is 0. The number of thiophene rings is 1. The van der Waals surface area contributed by atoms with E-state index in [1.54, 1.807) is 17.9 Å². The first-order valence-corrected chi connectivity index (χ1v) is 7.53. The lowest BCUT2D eigenvalue weighted by molar-refractivity contribution is -0.147. The highest BCUT2D eigenvalue weighted by Crippen LogP contribution is 2.20. The van der Waals surface area contributed by atoms with Gasteiger partial charge in [-0.15, -0.1) is 11.3 Å². The van der Waals surface area contributed by atoms with Gasteiger partial charge in [0, 0.05) is 6.54 Å². The van der Waals surface area contributed by atoms with E-state index >= 15 is 0 Å². The largest absolute Gasteiger partial charge is 0.377 e. The zero-order valence-electron chi connectivity index (χ0n) is 12.0. The first kappa shape index (κ1) is 15.0. The van der Waals surface area contributed by atoms with Gasteiger partial charge in [0.1, 0.15) is 6.04 Å². The van der Waals surface area contributed by atoms with Gasteiger partial charge in [0.15, 0.2) is 0 Å². The molecule has 5 nitrogen and oxygen atoms in total. The van der Waals surface area contributed by atoms with Crippen molar-refractivity contribution in [1.29, 1.82) is 0 Å². The fourth-order valence-corrected chi connectivity index (χ4v) is 2.86. The quantitative estimate of drug-likeness (QED) is 0.919. The van der Waals surface area contributed by atoms with E-state index in [-0.39, 0.29) is 17.4 Å². The zero-order valence-corrected chi connectivity index (χ0v) is 12.8. The van der Waals surface area contributed by atoms with Crippen LogP contribution in [0.2, 0.25) is 0 Å². The second kappa shape index (κ2) is 5.93. The minimum absolute atomic E-state index is 0.0665. The Hall–Kier alpha value is -1.40. The standard InChI is InChI=1S/C14H20N2O3S/c1-10(15-12(17)11-5-4-8-20-11)13(18)16-6-7-19-9-14(16,2)3/h4-5,8,10H,6-7,9H2,1-3H3,(H,15,17)/t10-/m1/s1. The Morgan fingerprint density at radius 1 is 1.50 bits per heavy atom. The van der Waals surface area contributed by atoms with Crippen molar-refractivity contribution in [3.05, 3.63) is 22.4 Å². The summed E-state index contributed by atoms with van der Waals surface area (Å²) in [6, 6.07) is 3.02. The van der Waals surface area contributed by atoms with Crippen molar-refractivity contribution < 1.29 is 14.3 Å². The molecule has 0 aliphatic carbocycles. The molecule has 0 spiro atoms. The molecule has 1 aliphatic rings. The lowest BCUT2D eigenvalue weighted by Gasteiger charge is -2.43. The molecule has 1 fully saturated rings. The van der Waals surface area contributed by atoms with Crippen LogP contribution in [0.1, 0.15) is 30.4 Å². The van der Waals surface area contributed by atoms with Gasteiger partial charge in [-0.2, -0.15) is 0 Å². The van der Waals surface area contributed by atoms with Crippen LogP contribution >= 0.6 is 11.3 Å². The van der Waals surface area contributed by atoms with Crippen LogP contribution in [0.4, 0.5) is 0 Å². The zero-order chi connectivity index (χ0) is 14.8. The maximum Gasteiger partial charge on any atom is 0.261 e. The van der Waals surface area contributed by atoms with Gasteiger partial charge in [0.2, 0.25) is 5.91 Å². The fraction of sp³-hybridized carbons (Fsp3) is 0.571. The summed E-state index contributed by atoms with van der Waals surface area (Å²) in [5, 5.41) is 4.60. The maximum absolute atomic E-state index is 12.5. The lowest BCUT2D eigenvalue weighted by Crippen LogP contribution is -2.59. The number of rotatable bonds is 3. The van der Waals surface area contributed by atoms with Crippen LogP contribution in [0.5, 0.6) is 0 Å². The van der Waals surface area contributed by atoms with E-state index in [1.165, 1.54) is 11.3 Å². The van der Waals surface area contributed by atoms with Gasteiger partial charge in [0.25, 0.3) is 5.91 Å². The van der Waals surface area contributed by atoms with Gasteiger partial charge >= 0.3 is 0 Å². The van der Waals surface area contributed by atoms with Crippen LogP contribution in [0.15, 0.2) is 17.5 Å². The fourth-order valence-electron chi connectivity index (χ4n) is 2.24. The van der Waals surface area contributed by atoms with Gasteiger partial charge < -0.3 is 15.0 Å². The van der Waals surface area contributed by atoms with E-state index in [9.17, 15) is 9.59 Å². The van der Waals surface area contributed by atoms with Crippen molar-refractivity contribution in [3.8, 4) is 0 Å². The highest BCUT2D eigenvalue weighted by Gasteiger charge is 2.36. The lowest BCUT2D eigenvalue weighted by atomic mass is 10.0. The molecule has 20 heavy (non-hydrogen) atoms. The van der Waals surface area contributed by atoms with Crippen molar-refractivity contribution in [2.75, 3.05) is 19.8 Å². The molecule has 1 aromatic heterocycles. The van der Waals surface area contributed by atoms with Gasteiger partial charge in [-0.3, -0.25) is 9.59 Å². The average molecular weight is 296 g/mol. The first-order valence-electron chi connectivity index (χ1n) is 6.65. The van der Waals surface area contributed by atoms with Crippen LogP contribution in [0.25, 0.3) is 0 Å². The van der Waals surface area contributed by atoms with Crippen LogP contribution in [0.3, 0.4) is 0 Å². The van der Waals surface area contributed by atoms with Gasteiger partial charge in [0.05, 0.1) is 23.6 Å². The van der Waals surface area contributed by atoms with Crippen molar-refractivity contribution in [3.63, 3.8) is 0 Å². The normalized spacial score (nSPS) is 19.4. The first-order chi connectivity index (χ1) is 9.42. The molecule has 2 amide bonds. The summed E-state index contributed by atoms with van der Waals surface area (Å²) in [5.74, 6) is -0.268. The molecule has 1 saturated heterocycles. The molecule has 0 saturated carbocycles. The molecule has 1 aromatic rings. The maximum atomic E-state index is 12.5. The Bertz CT molecular complexity index is 485. The number of carbonyl (C=O) groups is 2. The topological polar surface area (TPSA) is 58.6 Å². The van der Waals surface area contributed by atoms with Crippen molar-refractivity contribution in [2.45, 2.75) is 32.4 Å². The predicted octanol–water partition coefficient (Wildman–Crippen LogP) is 1.50. The Morgan fingerprint density at radius 2 is 2.25 bits per heavy atom. The number of carbonyl (C=O) groups excluding carboxylic acids is 2. The molecule has 110 valence electrons. The Balaban J connectivity index is 1.99. The van der Waals surface area contributed by atoms with Crippen molar-refractivity contribution in [2.24, 2.45) is 0 Å². The Labute approximate surface area is 122 Å². The molecule has 0 aromatic carbocycles. The number of amides is 2. The van der Waals surface area contributed by atoms with E-state index in [4.69, 9.17) is 4.74 Å². The van der Waals surface area contributed by atoms with Crippen LogP contribution in [-0.4, -0.2) is 48.1 Å². The van der Waals surface area contributed by atoms with E-state index in [0.29, 0.717) is 24.6 Å². The molecule has 1 aliphatic heterocycles. The van der Waals surface area contributed by atoms with Gasteiger partial charge in [-0.1, -0.05) is 6.07 Å². The Kier molecular flexibility index (Phi) is 4.45. The Morgan fingerprint density at radius 3 is 2.85 bits per heavy atom. The van der Waals surface area contributed by atoms with E-state index in [0.717, 1.165) is 0 Å². The summed E-state index contributed by atoms with van der Waals surface area (Å²) in [6.45, 7) is 7.28. The highest BCUT2D eigenvalue weighted by atomic mass is 32.1. The molecule has 0 bridgehead atoms. The van der Waals surface area contributed by atoms with Crippen molar-refractivity contribution in [1.82, 2.24) is 10.2 Å². The molecule has 2 rings (SSSR count). The molecule has 0 unspecified atom stereocenters. The number of ether oxygens (including phenoxy) is 1. The molecule has 6 heteroatoms. The minimum atomic E-state index is -0.540. The third-order valence-electron chi connectivity index (χ3n) is 3.37. The molecule has 1 N–H and O–H groups in total. The molecular weight excluding hydrogens is 276 g/mol. The summed E-state index contributed by atoms with van der Waals surface area (Å²) in [4.78, 5) is 26.9. The number of hydrogen-bond donors (Lipinski definition) is 1. The van der Waals surface area contributed by atoms with Crippen LogP contribution in [0, 0.1) is 0 Å². The van der Waals surface area contributed by atoms with Gasteiger partial charge in [-0.25, -0.2) is 0 Å².